The highest BCUT2D eigenvalue weighted by atomic mass is 19.1. The van der Waals surface area contributed by atoms with Crippen LogP contribution in [-0.4, -0.2) is 6.29 Å². The number of ether oxygens (including phenoxy) is 1. The number of halogens is 1. The predicted octanol–water partition coefficient (Wildman–Crippen LogP) is 5.10. The molecule has 3 aromatic carbocycles. The normalized spacial score (nSPS) is 10.2. The van der Waals surface area contributed by atoms with Crippen LogP contribution in [0.1, 0.15) is 10.4 Å². The molecule has 0 bridgehead atoms. The van der Waals surface area contributed by atoms with Crippen LogP contribution in [0.3, 0.4) is 0 Å². The van der Waals surface area contributed by atoms with Gasteiger partial charge in [-0.3, -0.25) is 4.79 Å². The number of hydrogen-bond donors (Lipinski definition) is 0. The van der Waals surface area contributed by atoms with E-state index in [9.17, 15) is 9.18 Å². The van der Waals surface area contributed by atoms with Gasteiger partial charge in [-0.25, -0.2) is 4.39 Å². The summed E-state index contributed by atoms with van der Waals surface area (Å²) in [7, 11) is 0. The Morgan fingerprint density at radius 1 is 0.818 bits per heavy atom. The van der Waals surface area contributed by atoms with Gasteiger partial charge in [-0.1, -0.05) is 42.5 Å². The molecule has 22 heavy (non-hydrogen) atoms. The summed E-state index contributed by atoms with van der Waals surface area (Å²) in [6.45, 7) is 0. The van der Waals surface area contributed by atoms with E-state index >= 15 is 0 Å². The first-order chi connectivity index (χ1) is 10.8. The lowest BCUT2D eigenvalue weighted by Gasteiger charge is -2.11. The molecular formula is C19H13FO2. The van der Waals surface area contributed by atoms with Crippen molar-refractivity contribution in [1.29, 1.82) is 0 Å². The van der Waals surface area contributed by atoms with Crippen molar-refractivity contribution in [3.8, 4) is 22.6 Å². The van der Waals surface area contributed by atoms with Gasteiger partial charge >= 0.3 is 0 Å². The second-order valence-corrected chi connectivity index (χ2v) is 4.79. The van der Waals surface area contributed by atoms with Crippen LogP contribution in [0.25, 0.3) is 11.1 Å². The molecule has 0 saturated carbocycles. The predicted molar refractivity (Wildman–Crippen MR) is 83.7 cm³/mol. The molecule has 3 aromatic rings. The van der Waals surface area contributed by atoms with Crippen LogP contribution >= 0.6 is 0 Å². The fourth-order valence-corrected chi connectivity index (χ4v) is 2.16. The largest absolute Gasteiger partial charge is 0.457 e. The van der Waals surface area contributed by atoms with Crippen LogP contribution in [0.15, 0.2) is 72.8 Å². The number of rotatable bonds is 4. The van der Waals surface area contributed by atoms with Crippen LogP contribution in [0, 0.1) is 5.82 Å². The van der Waals surface area contributed by atoms with Gasteiger partial charge in [-0.15, -0.1) is 0 Å². The van der Waals surface area contributed by atoms with Crippen molar-refractivity contribution in [2.45, 2.75) is 0 Å². The van der Waals surface area contributed by atoms with E-state index in [0.29, 0.717) is 17.1 Å². The Balaban J connectivity index is 1.95. The second-order valence-electron chi connectivity index (χ2n) is 4.79. The fourth-order valence-electron chi connectivity index (χ4n) is 2.16. The molecule has 3 heteroatoms. The maximum Gasteiger partial charge on any atom is 0.150 e. The number of para-hydroxylation sites is 1. The molecule has 0 aromatic heterocycles. The number of aldehydes is 1. The topological polar surface area (TPSA) is 26.3 Å². The summed E-state index contributed by atoms with van der Waals surface area (Å²) in [5.74, 6) is 0.941. The standard InChI is InChI=1S/C19H13FO2/c20-16-9-11-17(12-10-16)22-19-4-2-1-3-18(19)15-7-5-14(13-21)6-8-15/h1-13H. The summed E-state index contributed by atoms with van der Waals surface area (Å²) >= 11 is 0. The van der Waals surface area contributed by atoms with Gasteiger partial charge in [0.25, 0.3) is 0 Å². The molecule has 0 spiro atoms. The van der Waals surface area contributed by atoms with Gasteiger partial charge in [0.15, 0.2) is 0 Å². The molecule has 108 valence electrons. The Kier molecular flexibility index (Phi) is 3.97. The summed E-state index contributed by atoms with van der Waals surface area (Å²) in [5, 5.41) is 0. The molecule has 0 aliphatic heterocycles. The average Bonchev–Trinajstić information content (AvgIpc) is 2.58. The van der Waals surface area contributed by atoms with E-state index in [1.807, 2.05) is 36.4 Å². The third-order valence-electron chi connectivity index (χ3n) is 3.29. The third kappa shape index (κ3) is 3.04. The lowest BCUT2D eigenvalue weighted by molar-refractivity contribution is 0.112. The molecule has 0 radical (unpaired) electrons. The van der Waals surface area contributed by atoms with Crippen LogP contribution in [0.4, 0.5) is 4.39 Å². The highest BCUT2D eigenvalue weighted by Crippen LogP contribution is 2.33. The van der Waals surface area contributed by atoms with Gasteiger partial charge in [0.1, 0.15) is 23.6 Å². The summed E-state index contributed by atoms with van der Waals surface area (Å²) in [6, 6.07) is 20.7. The summed E-state index contributed by atoms with van der Waals surface area (Å²) < 4.78 is 18.8. The zero-order valence-corrected chi connectivity index (χ0v) is 11.7. The van der Waals surface area contributed by atoms with Crippen molar-refractivity contribution in [3.05, 3.63) is 84.2 Å². The minimum atomic E-state index is -0.301. The maximum atomic E-state index is 13.0. The number of carbonyl (C=O) groups is 1. The summed E-state index contributed by atoms with van der Waals surface area (Å²) in [6.07, 6.45) is 0.810. The Bertz CT molecular complexity index is 777. The molecule has 0 heterocycles. The Morgan fingerprint density at radius 3 is 2.18 bits per heavy atom. The van der Waals surface area contributed by atoms with Gasteiger partial charge < -0.3 is 4.74 Å². The highest BCUT2D eigenvalue weighted by Gasteiger charge is 2.07. The SMILES string of the molecule is O=Cc1ccc(-c2ccccc2Oc2ccc(F)cc2)cc1. The van der Waals surface area contributed by atoms with Gasteiger partial charge in [0, 0.05) is 11.1 Å². The molecule has 0 aliphatic rings. The van der Waals surface area contributed by atoms with Crippen molar-refractivity contribution in [1.82, 2.24) is 0 Å². The van der Waals surface area contributed by atoms with E-state index in [4.69, 9.17) is 4.74 Å². The molecule has 0 aliphatic carbocycles. The zero-order chi connectivity index (χ0) is 15.4. The Labute approximate surface area is 127 Å². The minimum Gasteiger partial charge on any atom is -0.457 e. The van der Waals surface area contributed by atoms with Gasteiger partial charge in [0.2, 0.25) is 0 Å². The van der Waals surface area contributed by atoms with Gasteiger partial charge in [-0.05, 0) is 35.9 Å². The van der Waals surface area contributed by atoms with E-state index in [0.717, 1.165) is 17.4 Å². The molecule has 0 amide bonds. The quantitative estimate of drug-likeness (QED) is 0.625. The van der Waals surface area contributed by atoms with E-state index in [2.05, 4.69) is 0 Å². The second kappa shape index (κ2) is 6.22. The van der Waals surface area contributed by atoms with Crippen molar-refractivity contribution in [3.63, 3.8) is 0 Å². The van der Waals surface area contributed by atoms with Crippen molar-refractivity contribution < 1.29 is 13.9 Å². The van der Waals surface area contributed by atoms with Gasteiger partial charge in [0.05, 0.1) is 0 Å². The summed E-state index contributed by atoms with van der Waals surface area (Å²) in [5.41, 5.74) is 2.48. The third-order valence-corrected chi connectivity index (χ3v) is 3.29. The molecule has 3 rings (SSSR count). The first-order valence-corrected chi connectivity index (χ1v) is 6.84. The maximum absolute atomic E-state index is 13.0. The lowest BCUT2D eigenvalue weighted by Crippen LogP contribution is -1.89. The lowest BCUT2D eigenvalue weighted by atomic mass is 10.0. The van der Waals surface area contributed by atoms with Crippen LogP contribution < -0.4 is 4.74 Å². The molecule has 0 N–H and O–H groups in total. The van der Waals surface area contributed by atoms with Crippen LogP contribution in [0.5, 0.6) is 11.5 Å². The monoisotopic (exact) mass is 292 g/mol. The first-order valence-electron chi connectivity index (χ1n) is 6.84. The Morgan fingerprint density at radius 2 is 1.50 bits per heavy atom. The number of benzene rings is 3. The smallest absolute Gasteiger partial charge is 0.150 e. The molecule has 0 atom stereocenters. The van der Waals surface area contributed by atoms with Crippen molar-refractivity contribution >= 4 is 6.29 Å². The van der Waals surface area contributed by atoms with E-state index in [-0.39, 0.29) is 5.82 Å². The number of hydrogen-bond acceptors (Lipinski definition) is 2. The fraction of sp³-hybridized carbons (Fsp3) is 0. The minimum absolute atomic E-state index is 0.301. The summed E-state index contributed by atoms with van der Waals surface area (Å²) in [4.78, 5) is 10.7. The first kappa shape index (κ1) is 14.0. The Hall–Kier alpha value is -2.94. The molecular weight excluding hydrogens is 279 g/mol. The van der Waals surface area contributed by atoms with Crippen molar-refractivity contribution in [2.75, 3.05) is 0 Å². The highest BCUT2D eigenvalue weighted by molar-refractivity contribution is 5.78. The van der Waals surface area contributed by atoms with E-state index in [1.54, 1.807) is 24.3 Å². The molecule has 2 nitrogen and oxygen atoms in total. The van der Waals surface area contributed by atoms with Crippen LogP contribution in [0.2, 0.25) is 0 Å². The van der Waals surface area contributed by atoms with E-state index < -0.39 is 0 Å². The van der Waals surface area contributed by atoms with Crippen LogP contribution in [-0.2, 0) is 0 Å². The van der Waals surface area contributed by atoms with Crippen molar-refractivity contribution in [2.24, 2.45) is 0 Å². The molecule has 0 unspecified atom stereocenters. The van der Waals surface area contributed by atoms with E-state index in [1.165, 1.54) is 12.1 Å². The average molecular weight is 292 g/mol. The number of carbonyl (C=O) groups excluding carboxylic acids is 1. The molecule has 0 fully saturated rings. The zero-order valence-electron chi connectivity index (χ0n) is 11.7. The van der Waals surface area contributed by atoms with Gasteiger partial charge in [-0.2, -0.15) is 0 Å². The molecule has 0 saturated heterocycles.